The molecule has 2 saturated carbocycles. The first-order valence-corrected chi connectivity index (χ1v) is 27.4. The van der Waals surface area contributed by atoms with Gasteiger partial charge in [-0.25, -0.2) is 17.5 Å². The molecule has 3 aromatic carbocycles. The summed E-state index contributed by atoms with van der Waals surface area (Å²) in [4.78, 5) is 40.4. The van der Waals surface area contributed by atoms with Gasteiger partial charge in [-0.05, 0) is 124 Å². The number of morpholine rings is 1. The van der Waals surface area contributed by atoms with Crippen LogP contribution in [0.4, 0.5) is 32.8 Å². The van der Waals surface area contributed by atoms with Crippen molar-refractivity contribution in [3.05, 3.63) is 106 Å². The van der Waals surface area contributed by atoms with E-state index in [0.29, 0.717) is 62.4 Å². The van der Waals surface area contributed by atoms with Crippen LogP contribution in [0.1, 0.15) is 112 Å². The maximum atomic E-state index is 15.3. The van der Waals surface area contributed by atoms with Gasteiger partial charge in [-0.1, -0.05) is 38.1 Å². The zero-order valence-corrected chi connectivity index (χ0v) is 42.5. The summed E-state index contributed by atoms with van der Waals surface area (Å²) in [5.74, 6) is -0.669. The largest absolute Gasteiger partial charge is 0.468 e. The van der Waals surface area contributed by atoms with Gasteiger partial charge in [-0.2, -0.15) is 4.98 Å². The molecule has 0 bridgehead atoms. The first-order chi connectivity index (χ1) is 35.1. The van der Waals surface area contributed by atoms with Gasteiger partial charge in [-0.15, -0.1) is 0 Å². The third-order valence-electron chi connectivity index (χ3n) is 16.7. The molecular formula is C54H65FN8O9S. The van der Waals surface area contributed by atoms with Crippen molar-refractivity contribution in [3.63, 3.8) is 0 Å². The molecule has 6 aliphatic rings. The lowest BCUT2D eigenvalue weighted by Crippen LogP contribution is -2.59. The molecule has 73 heavy (non-hydrogen) atoms. The minimum absolute atomic E-state index is 0.0224. The van der Waals surface area contributed by atoms with E-state index < -0.39 is 55.0 Å². The Morgan fingerprint density at radius 2 is 1.74 bits per heavy atom. The normalized spacial score (nSPS) is 25.5. The van der Waals surface area contributed by atoms with Gasteiger partial charge in [-0.3, -0.25) is 19.8 Å². The van der Waals surface area contributed by atoms with Crippen LogP contribution in [0.15, 0.2) is 77.8 Å². The van der Waals surface area contributed by atoms with Crippen molar-refractivity contribution < 1.29 is 41.8 Å². The summed E-state index contributed by atoms with van der Waals surface area (Å²) in [6, 6.07) is 19.6. The smallest absolute Gasteiger partial charge is 0.293 e. The molecule has 1 amide bonds. The molecule has 388 valence electrons. The Balaban J connectivity index is 0.872. The van der Waals surface area contributed by atoms with E-state index in [9.17, 15) is 28.4 Å². The number of aliphatic hydroxyl groups is 1. The van der Waals surface area contributed by atoms with Crippen LogP contribution in [0.2, 0.25) is 0 Å². The van der Waals surface area contributed by atoms with E-state index in [0.717, 1.165) is 76.5 Å². The molecule has 0 unspecified atom stereocenters. The summed E-state index contributed by atoms with van der Waals surface area (Å²) in [5, 5.41) is 26.1. The second-order valence-corrected chi connectivity index (χ2v) is 23.6. The van der Waals surface area contributed by atoms with E-state index in [1.165, 1.54) is 29.5 Å². The molecule has 2 aliphatic carbocycles. The number of nitrogens with zero attached hydrogens (tertiary/aromatic N) is 5. The standard InChI is InChI=1S/C54H65FN8O9S/c1-33(2)38-6-4-5-7-39(38)48-29-71-23-21-61(48)35-14-19-54(20-15-35)31-60(32-54)36-8-10-40(45(24-36)62-44-16-22-70-30-49(44)72-52-47(62)26-41-42(55)28-57-50(41)58-52)51(64)59-73(68,69)37-9-11-43(46(25-37)63(66)67)56-27-34-12-17-53(3,65)18-13-34/h4-11,24-26,28,33-35,44,48-49,56,65H,12-23,27,29-32H2,1-3H3,(H,57,58)(H,59,64)/t34?,44-,48-,49-,53?/m0/s1. The summed E-state index contributed by atoms with van der Waals surface area (Å²) in [6.07, 6.45) is 8.20. The molecular weight excluding hydrogens is 956 g/mol. The lowest BCUT2D eigenvalue weighted by Gasteiger charge is -2.56. The second kappa shape index (κ2) is 19.4. The first-order valence-electron chi connectivity index (χ1n) is 25.9. The number of H-pyrrole nitrogens is 1. The minimum Gasteiger partial charge on any atom is -0.468 e. The lowest BCUT2D eigenvalue weighted by molar-refractivity contribution is -0.384. The molecule has 4 aliphatic heterocycles. The number of rotatable bonds is 12. The van der Waals surface area contributed by atoms with Crippen molar-refractivity contribution in [3.8, 4) is 5.88 Å². The number of sulfonamides is 1. The summed E-state index contributed by atoms with van der Waals surface area (Å²) >= 11 is 0. The van der Waals surface area contributed by atoms with E-state index in [-0.39, 0.29) is 52.1 Å². The number of carbonyl (C=O) groups excluding carboxylic acids is 1. The molecule has 5 aromatic rings. The number of aromatic nitrogens is 2. The van der Waals surface area contributed by atoms with Gasteiger partial charge in [0.15, 0.2) is 0 Å². The van der Waals surface area contributed by atoms with Crippen molar-refractivity contribution in [2.75, 3.05) is 67.7 Å². The molecule has 19 heteroatoms. The highest BCUT2D eigenvalue weighted by Gasteiger charge is 2.48. The van der Waals surface area contributed by atoms with Gasteiger partial charge in [0.05, 0.1) is 64.0 Å². The number of nitrogens with one attached hydrogen (secondary N) is 3. The van der Waals surface area contributed by atoms with Crippen molar-refractivity contribution >= 4 is 55.4 Å². The van der Waals surface area contributed by atoms with Crippen molar-refractivity contribution in [2.24, 2.45) is 11.3 Å². The molecule has 6 heterocycles. The van der Waals surface area contributed by atoms with Gasteiger partial charge in [0.1, 0.15) is 28.9 Å². The van der Waals surface area contributed by atoms with Crippen molar-refractivity contribution in [2.45, 2.75) is 119 Å². The van der Waals surface area contributed by atoms with Crippen LogP contribution in [-0.4, -0.2) is 116 Å². The van der Waals surface area contributed by atoms with E-state index in [1.807, 2.05) is 17.0 Å². The summed E-state index contributed by atoms with van der Waals surface area (Å²) in [5.41, 5.74) is 3.76. The average Bonchev–Trinajstić information content (AvgIpc) is 3.74. The van der Waals surface area contributed by atoms with Crippen molar-refractivity contribution in [1.29, 1.82) is 0 Å². The predicted molar refractivity (Wildman–Crippen MR) is 275 cm³/mol. The molecule has 11 rings (SSSR count). The maximum absolute atomic E-state index is 15.3. The van der Waals surface area contributed by atoms with Crippen LogP contribution in [-0.2, 0) is 19.5 Å². The Morgan fingerprint density at radius 3 is 2.51 bits per heavy atom. The minimum atomic E-state index is -4.67. The van der Waals surface area contributed by atoms with Gasteiger partial charge < -0.3 is 39.4 Å². The highest BCUT2D eigenvalue weighted by molar-refractivity contribution is 7.90. The Hall–Kier alpha value is -5.86. The Kier molecular flexibility index (Phi) is 13.1. The highest BCUT2D eigenvalue weighted by Crippen LogP contribution is 2.50. The maximum Gasteiger partial charge on any atom is 0.293 e. The van der Waals surface area contributed by atoms with Crippen LogP contribution in [0.25, 0.3) is 11.0 Å². The Bertz CT molecular complexity index is 3010. The fourth-order valence-electron chi connectivity index (χ4n) is 12.5. The zero-order chi connectivity index (χ0) is 50.8. The number of aromatic amines is 1. The van der Waals surface area contributed by atoms with Crippen molar-refractivity contribution in [1.82, 2.24) is 19.6 Å². The number of hydrogen-bond acceptors (Lipinski definition) is 14. The average molecular weight is 1020 g/mol. The second-order valence-electron chi connectivity index (χ2n) is 21.9. The number of benzene rings is 3. The number of nitro benzene ring substituents is 1. The van der Waals surface area contributed by atoms with E-state index in [2.05, 4.69) is 67.9 Å². The first kappa shape index (κ1) is 49.4. The molecule has 3 atom stereocenters. The number of amides is 1. The topological polar surface area (TPSA) is 205 Å². The predicted octanol–water partition coefficient (Wildman–Crippen LogP) is 8.72. The zero-order valence-electron chi connectivity index (χ0n) is 41.6. The number of pyridine rings is 1. The highest BCUT2D eigenvalue weighted by atomic mass is 32.2. The number of nitro groups is 1. The fraction of sp³-hybridized carbons (Fsp3) is 0.519. The van der Waals surface area contributed by atoms with E-state index in [4.69, 9.17) is 14.2 Å². The van der Waals surface area contributed by atoms with E-state index >= 15 is 4.39 Å². The van der Waals surface area contributed by atoms with Crippen LogP contribution in [0.5, 0.6) is 5.88 Å². The van der Waals surface area contributed by atoms with Crippen LogP contribution in [0.3, 0.4) is 0 Å². The van der Waals surface area contributed by atoms with Gasteiger partial charge in [0, 0.05) is 62.2 Å². The monoisotopic (exact) mass is 1020 g/mol. The summed E-state index contributed by atoms with van der Waals surface area (Å²) in [6.45, 7) is 11.3. The molecule has 17 nitrogen and oxygen atoms in total. The Morgan fingerprint density at radius 1 is 0.973 bits per heavy atom. The van der Waals surface area contributed by atoms with Gasteiger partial charge in [0.2, 0.25) is 5.88 Å². The number of hydrogen-bond donors (Lipinski definition) is 4. The molecule has 5 fully saturated rings. The lowest BCUT2D eigenvalue weighted by atomic mass is 9.67. The molecule has 2 aromatic heterocycles. The number of ether oxygens (including phenoxy) is 3. The molecule has 3 saturated heterocycles. The Labute approximate surface area is 425 Å². The van der Waals surface area contributed by atoms with Gasteiger partial charge >= 0.3 is 0 Å². The number of carbonyl (C=O) groups is 1. The van der Waals surface area contributed by atoms with Crippen LogP contribution in [0, 0.1) is 27.3 Å². The SMILES string of the molecule is CC(C)c1ccccc1[C@@H]1COCCN1C1CCC2(CC1)CN(c1ccc(C(=O)NS(=O)(=O)c3ccc(NCC4CCC(C)(O)CC4)c([N+](=O)[O-])c3)c(N3c4cc5c(F)c[nH]c5nc4O[C@H]4COCC[C@@H]43)c1)C2. The molecule has 4 N–H and O–H groups in total. The third kappa shape index (κ3) is 9.62. The number of anilines is 4. The molecule has 0 radical (unpaired) electrons. The summed E-state index contributed by atoms with van der Waals surface area (Å²) in [7, 11) is -4.67. The quantitative estimate of drug-likeness (QED) is 0.0682. The summed E-state index contributed by atoms with van der Waals surface area (Å²) < 4.78 is 64.3. The molecule has 1 spiro atoms. The van der Waals surface area contributed by atoms with Gasteiger partial charge in [0.25, 0.3) is 21.6 Å². The fourth-order valence-corrected chi connectivity index (χ4v) is 13.5. The number of fused-ring (bicyclic) bond motifs is 3. The van der Waals surface area contributed by atoms with E-state index in [1.54, 1.807) is 19.1 Å². The third-order valence-corrected chi connectivity index (χ3v) is 18.0. The van der Waals surface area contributed by atoms with Crippen LogP contribution < -0.4 is 24.6 Å². The number of halogens is 1. The van der Waals surface area contributed by atoms with Crippen LogP contribution >= 0.6 is 0 Å².